The maximum Gasteiger partial charge on any atom is 0.242 e. The maximum absolute atomic E-state index is 11.7. The number of sulfonamides is 2. The molecular weight excluding hydrogens is 264 g/mol. The molecule has 0 bridgehead atoms. The van der Waals surface area contributed by atoms with E-state index in [0.29, 0.717) is 0 Å². The summed E-state index contributed by atoms with van der Waals surface area (Å²) in [5.41, 5.74) is 0. The first-order valence-corrected chi connectivity index (χ1v) is 7.37. The van der Waals surface area contributed by atoms with Crippen LogP contribution in [0.2, 0.25) is 0 Å². The van der Waals surface area contributed by atoms with Crippen LogP contribution in [0.15, 0.2) is 34.1 Å². The maximum atomic E-state index is 11.7. The first-order chi connectivity index (χ1) is 7.79. The van der Waals surface area contributed by atoms with Crippen LogP contribution in [0.5, 0.6) is 0 Å². The lowest BCUT2D eigenvalue weighted by molar-refractivity contribution is 0.577. The second-order valence-corrected chi connectivity index (χ2v) is 6.29. The van der Waals surface area contributed by atoms with Gasteiger partial charge in [-0.25, -0.2) is 22.0 Å². The average molecular weight is 274 g/mol. The van der Waals surface area contributed by atoms with E-state index in [1.165, 1.54) is 12.1 Å². The molecule has 8 heteroatoms. The van der Waals surface area contributed by atoms with Gasteiger partial charge < -0.3 is 0 Å². The van der Waals surface area contributed by atoms with Crippen molar-refractivity contribution in [3.8, 4) is 12.3 Å². The second kappa shape index (κ2) is 4.85. The lowest BCUT2D eigenvalue weighted by atomic mass is 10.4. The molecule has 92 valence electrons. The number of nitrogens with one attached hydrogen (secondary N) is 1. The Morgan fingerprint density at radius 3 is 2.18 bits per heavy atom. The lowest BCUT2D eigenvalue weighted by Crippen LogP contribution is -2.26. The van der Waals surface area contributed by atoms with Crippen molar-refractivity contribution >= 4 is 20.0 Å². The normalized spacial score (nSPS) is 12.0. The summed E-state index contributed by atoms with van der Waals surface area (Å²) < 4.78 is 48.0. The number of hydrogen-bond acceptors (Lipinski definition) is 4. The Balaban J connectivity index is 3.39. The van der Waals surface area contributed by atoms with Crippen molar-refractivity contribution in [3.63, 3.8) is 0 Å². The van der Waals surface area contributed by atoms with Crippen LogP contribution in [-0.4, -0.2) is 23.4 Å². The summed E-state index contributed by atoms with van der Waals surface area (Å²) in [5, 5.41) is 4.92. The van der Waals surface area contributed by atoms with Gasteiger partial charge in [0.1, 0.15) is 9.79 Å². The molecule has 6 nitrogen and oxygen atoms in total. The Kier molecular flexibility index (Phi) is 3.90. The van der Waals surface area contributed by atoms with Crippen LogP contribution in [0.4, 0.5) is 0 Å². The number of benzene rings is 1. The number of rotatable bonds is 4. The highest BCUT2D eigenvalue weighted by molar-refractivity contribution is 7.92. The quantitative estimate of drug-likeness (QED) is 0.704. The SMILES string of the molecule is C#CCNS(=O)(=O)c1ccccc1S(N)(=O)=O. The minimum absolute atomic E-state index is 0.235. The summed E-state index contributed by atoms with van der Waals surface area (Å²) >= 11 is 0. The Bertz CT molecular complexity index is 656. The minimum Gasteiger partial charge on any atom is -0.225 e. The Morgan fingerprint density at radius 1 is 1.18 bits per heavy atom. The molecule has 1 aromatic carbocycles. The van der Waals surface area contributed by atoms with E-state index >= 15 is 0 Å². The van der Waals surface area contributed by atoms with Gasteiger partial charge in [0.25, 0.3) is 0 Å². The predicted molar refractivity (Wildman–Crippen MR) is 61.8 cm³/mol. The molecule has 0 heterocycles. The van der Waals surface area contributed by atoms with Crippen molar-refractivity contribution in [2.75, 3.05) is 6.54 Å². The molecule has 3 N–H and O–H groups in total. The van der Waals surface area contributed by atoms with E-state index in [-0.39, 0.29) is 6.54 Å². The minimum atomic E-state index is -4.11. The molecular formula is C9H10N2O4S2. The highest BCUT2D eigenvalue weighted by Crippen LogP contribution is 2.18. The van der Waals surface area contributed by atoms with Gasteiger partial charge in [-0.05, 0) is 12.1 Å². The highest BCUT2D eigenvalue weighted by atomic mass is 32.2. The van der Waals surface area contributed by atoms with Crippen molar-refractivity contribution < 1.29 is 16.8 Å². The second-order valence-electron chi connectivity index (χ2n) is 3.02. The fraction of sp³-hybridized carbons (Fsp3) is 0.111. The fourth-order valence-electron chi connectivity index (χ4n) is 1.12. The Morgan fingerprint density at radius 2 is 1.71 bits per heavy atom. The van der Waals surface area contributed by atoms with Gasteiger partial charge in [-0.15, -0.1) is 6.42 Å². The van der Waals surface area contributed by atoms with E-state index in [2.05, 4.69) is 10.6 Å². The summed E-state index contributed by atoms with van der Waals surface area (Å²) in [7, 11) is -8.10. The van der Waals surface area contributed by atoms with E-state index in [9.17, 15) is 16.8 Å². The van der Waals surface area contributed by atoms with Crippen LogP contribution >= 0.6 is 0 Å². The van der Waals surface area contributed by atoms with Crippen LogP contribution in [-0.2, 0) is 20.0 Å². The standard InChI is InChI=1S/C9H10N2O4S2/c1-2-7-11-17(14,15)9-6-4-3-5-8(9)16(10,12)13/h1,3-6,11H,7H2,(H2,10,12,13). The van der Waals surface area contributed by atoms with Gasteiger partial charge in [0, 0.05) is 0 Å². The molecule has 0 aliphatic carbocycles. The van der Waals surface area contributed by atoms with Crippen molar-refractivity contribution in [3.05, 3.63) is 24.3 Å². The molecule has 0 atom stereocenters. The van der Waals surface area contributed by atoms with Crippen molar-refractivity contribution in [2.45, 2.75) is 9.79 Å². The first kappa shape index (κ1) is 13.7. The van der Waals surface area contributed by atoms with Crippen LogP contribution in [0.3, 0.4) is 0 Å². The Labute approximate surface area is 99.9 Å². The zero-order chi connectivity index (χ0) is 13.1. The molecule has 0 aromatic heterocycles. The molecule has 1 rings (SSSR count). The summed E-state index contributed by atoms with van der Waals surface area (Å²) in [4.78, 5) is -0.887. The molecule has 0 amide bonds. The number of hydrogen-bond donors (Lipinski definition) is 2. The van der Waals surface area contributed by atoms with E-state index in [1.54, 1.807) is 0 Å². The molecule has 0 spiro atoms. The molecule has 0 saturated carbocycles. The number of nitrogens with two attached hydrogens (primary N) is 1. The van der Waals surface area contributed by atoms with Gasteiger partial charge in [-0.2, -0.15) is 4.72 Å². The van der Waals surface area contributed by atoms with E-state index in [4.69, 9.17) is 11.6 Å². The molecule has 0 aliphatic heterocycles. The van der Waals surface area contributed by atoms with Crippen LogP contribution in [0.25, 0.3) is 0 Å². The van der Waals surface area contributed by atoms with Crippen LogP contribution < -0.4 is 9.86 Å². The third-order valence-electron chi connectivity index (χ3n) is 1.81. The van der Waals surface area contributed by atoms with E-state index in [0.717, 1.165) is 12.1 Å². The molecule has 0 saturated heterocycles. The molecule has 0 radical (unpaired) electrons. The van der Waals surface area contributed by atoms with Gasteiger partial charge in [0.05, 0.1) is 6.54 Å². The summed E-state index contributed by atoms with van der Waals surface area (Å²) in [5.74, 6) is 2.08. The molecule has 17 heavy (non-hydrogen) atoms. The lowest BCUT2D eigenvalue weighted by Gasteiger charge is -2.08. The largest absolute Gasteiger partial charge is 0.242 e. The van der Waals surface area contributed by atoms with Crippen molar-refractivity contribution in [2.24, 2.45) is 5.14 Å². The average Bonchev–Trinajstić information content (AvgIpc) is 2.25. The van der Waals surface area contributed by atoms with Crippen molar-refractivity contribution in [1.29, 1.82) is 0 Å². The van der Waals surface area contributed by atoms with Crippen LogP contribution in [0.1, 0.15) is 0 Å². The smallest absolute Gasteiger partial charge is 0.225 e. The highest BCUT2D eigenvalue weighted by Gasteiger charge is 2.23. The summed E-state index contributed by atoms with van der Waals surface area (Å²) in [6.07, 6.45) is 4.92. The number of primary sulfonamides is 1. The molecule has 1 aromatic rings. The van der Waals surface area contributed by atoms with Gasteiger partial charge >= 0.3 is 0 Å². The predicted octanol–water partition coefficient (Wildman–Crippen LogP) is -0.754. The molecule has 0 aliphatic rings. The summed E-state index contributed by atoms with van der Waals surface area (Å²) in [6.45, 7) is -0.235. The molecule has 0 fully saturated rings. The van der Waals surface area contributed by atoms with E-state index in [1.807, 2.05) is 0 Å². The fourth-order valence-corrected chi connectivity index (χ4v) is 3.44. The summed E-state index contributed by atoms with van der Waals surface area (Å²) in [6, 6.07) is 5.01. The third kappa shape index (κ3) is 3.28. The Hall–Kier alpha value is -1.40. The number of terminal acetylenes is 1. The van der Waals surface area contributed by atoms with Crippen molar-refractivity contribution in [1.82, 2.24) is 4.72 Å². The first-order valence-electron chi connectivity index (χ1n) is 4.34. The van der Waals surface area contributed by atoms with Gasteiger partial charge in [0.2, 0.25) is 20.0 Å². The monoisotopic (exact) mass is 274 g/mol. The van der Waals surface area contributed by atoms with E-state index < -0.39 is 29.8 Å². The van der Waals surface area contributed by atoms with Gasteiger partial charge in [-0.3, -0.25) is 0 Å². The third-order valence-corrected chi connectivity index (χ3v) is 4.37. The zero-order valence-electron chi connectivity index (χ0n) is 8.62. The topological polar surface area (TPSA) is 106 Å². The zero-order valence-corrected chi connectivity index (χ0v) is 10.3. The van der Waals surface area contributed by atoms with Crippen LogP contribution in [0, 0.1) is 12.3 Å². The molecule has 0 unspecified atom stereocenters. The van der Waals surface area contributed by atoms with Gasteiger partial charge in [-0.1, -0.05) is 18.1 Å². The van der Waals surface area contributed by atoms with Gasteiger partial charge in [0.15, 0.2) is 0 Å².